The molecule has 1 amide bonds. The van der Waals surface area contributed by atoms with Crippen LogP contribution >= 0.6 is 11.6 Å². The number of alkyl halides is 2. The van der Waals surface area contributed by atoms with Crippen LogP contribution in [-0.4, -0.2) is 29.4 Å². The Balaban J connectivity index is 2.13. The molecule has 1 aromatic heterocycles. The molecule has 0 spiro atoms. The number of anilines is 1. The highest BCUT2D eigenvalue weighted by atomic mass is 35.5. The monoisotopic (exact) mass is 359 g/mol. The Hall–Kier alpha value is -2.35. The first-order chi connectivity index (χ1) is 11.3. The number of hydrogen-bond acceptors (Lipinski definition) is 4. The first kappa shape index (κ1) is 18.0. The number of nitrogens with zero attached hydrogens (tertiary/aromatic N) is 2. The topological polar surface area (TPSA) is 65.4 Å². The average molecular weight is 360 g/mol. The molecule has 0 radical (unpaired) electrons. The molecule has 1 atom stereocenters. The average Bonchev–Trinajstić information content (AvgIpc) is 2.86. The van der Waals surface area contributed by atoms with E-state index in [1.54, 1.807) is 20.0 Å². The first-order valence-corrected chi connectivity index (χ1v) is 7.34. The third-order valence-corrected chi connectivity index (χ3v) is 3.65. The summed E-state index contributed by atoms with van der Waals surface area (Å²) in [5.41, 5.74) is 0.992. The van der Waals surface area contributed by atoms with Crippen LogP contribution in [0.15, 0.2) is 24.4 Å². The number of hydrogen-bond donors (Lipinski definition) is 1. The second-order valence-corrected chi connectivity index (χ2v) is 5.36. The zero-order chi connectivity index (χ0) is 17.9. The number of ether oxygens (including phenoxy) is 2. The van der Waals surface area contributed by atoms with Gasteiger partial charge in [-0.25, -0.2) is 0 Å². The fraction of sp³-hybridized carbons (Fsp3) is 0.333. The number of benzene rings is 1. The van der Waals surface area contributed by atoms with Crippen molar-refractivity contribution >= 4 is 23.2 Å². The van der Waals surface area contributed by atoms with Crippen molar-refractivity contribution in [3.8, 4) is 11.5 Å². The first-order valence-electron chi connectivity index (χ1n) is 6.96. The molecule has 0 bridgehead atoms. The van der Waals surface area contributed by atoms with E-state index in [2.05, 4.69) is 15.2 Å². The molecule has 130 valence electrons. The van der Waals surface area contributed by atoms with Crippen LogP contribution < -0.4 is 14.8 Å². The Kier molecular flexibility index (Phi) is 5.61. The summed E-state index contributed by atoms with van der Waals surface area (Å²) in [7, 11) is 1.32. The van der Waals surface area contributed by atoms with E-state index >= 15 is 0 Å². The lowest BCUT2D eigenvalue weighted by molar-refractivity contribution is -0.119. The molecule has 0 saturated heterocycles. The van der Waals surface area contributed by atoms with Gasteiger partial charge in [0.2, 0.25) is 5.91 Å². The van der Waals surface area contributed by atoms with E-state index < -0.39 is 12.7 Å². The molecule has 0 aliphatic carbocycles. The fourth-order valence-corrected chi connectivity index (χ4v) is 2.10. The van der Waals surface area contributed by atoms with Gasteiger partial charge in [-0.3, -0.25) is 9.48 Å². The number of methoxy groups -OCH3 is 1. The van der Waals surface area contributed by atoms with Gasteiger partial charge in [-0.15, -0.1) is 0 Å². The molecule has 0 fully saturated rings. The van der Waals surface area contributed by atoms with E-state index in [1.165, 1.54) is 30.0 Å². The highest BCUT2D eigenvalue weighted by Gasteiger charge is 2.18. The molecule has 2 aromatic rings. The van der Waals surface area contributed by atoms with Crippen molar-refractivity contribution in [2.24, 2.45) is 0 Å². The molecule has 0 aliphatic heterocycles. The van der Waals surface area contributed by atoms with Gasteiger partial charge < -0.3 is 14.8 Å². The number of rotatable bonds is 6. The van der Waals surface area contributed by atoms with E-state index in [1.807, 2.05) is 0 Å². The molecule has 24 heavy (non-hydrogen) atoms. The van der Waals surface area contributed by atoms with E-state index in [4.69, 9.17) is 16.3 Å². The van der Waals surface area contributed by atoms with Gasteiger partial charge in [-0.2, -0.15) is 13.9 Å². The summed E-state index contributed by atoms with van der Waals surface area (Å²) >= 11 is 5.93. The number of halogens is 3. The van der Waals surface area contributed by atoms with E-state index in [-0.39, 0.29) is 17.4 Å². The quantitative estimate of drug-likeness (QED) is 0.855. The minimum absolute atomic E-state index is 0.0822. The number of carbonyl (C=O) groups is 1. The maximum Gasteiger partial charge on any atom is 0.387 e. The van der Waals surface area contributed by atoms with Crippen LogP contribution in [0.4, 0.5) is 14.5 Å². The second kappa shape index (κ2) is 7.48. The van der Waals surface area contributed by atoms with Crippen molar-refractivity contribution < 1.29 is 23.0 Å². The zero-order valence-corrected chi connectivity index (χ0v) is 14.0. The van der Waals surface area contributed by atoms with Gasteiger partial charge in [0.25, 0.3) is 0 Å². The predicted molar refractivity (Wildman–Crippen MR) is 84.9 cm³/mol. The number of amides is 1. The van der Waals surface area contributed by atoms with Crippen LogP contribution in [-0.2, 0) is 4.79 Å². The molecule has 1 heterocycles. The summed E-state index contributed by atoms with van der Waals surface area (Å²) in [6.45, 7) is 0.423. The Labute approximate surface area is 142 Å². The highest BCUT2D eigenvalue weighted by Crippen LogP contribution is 2.31. The molecule has 1 unspecified atom stereocenters. The van der Waals surface area contributed by atoms with Gasteiger partial charge in [0.15, 0.2) is 11.5 Å². The summed E-state index contributed by atoms with van der Waals surface area (Å²) in [5, 5.41) is 7.27. The summed E-state index contributed by atoms with van der Waals surface area (Å²) in [6.07, 6.45) is 1.56. The Morgan fingerprint density at radius 3 is 2.62 bits per heavy atom. The van der Waals surface area contributed by atoms with Gasteiger partial charge in [-0.05, 0) is 26.0 Å². The predicted octanol–water partition coefficient (Wildman–Crippen LogP) is 3.65. The van der Waals surface area contributed by atoms with Crippen LogP contribution in [0, 0.1) is 6.92 Å². The maximum atomic E-state index is 12.3. The Bertz CT molecular complexity index is 717. The lowest BCUT2D eigenvalue weighted by Crippen LogP contribution is -2.24. The van der Waals surface area contributed by atoms with E-state index in [0.717, 1.165) is 0 Å². The molecule has 1 N–H and O–H groups in total. The van der Waals surface area contributed by atoms with Gasteiger partial charge in [0.1, 0.15) is 6.04 Å². The second-order valence-electron chi connectivity index (χ2n) is 4.95. The fourth-order valence-electron chi connectivity index (χ4n) is 1.96. The highest BCUT2D eigenvalue weighted by molar-refractivity contribution is 6.31. The van der Waals surface area contributed by atoms with Crippen molar-refractivity contribution in [1.82, 2.24) is 9.78 Å². The smallest absolute Gasteiger partial charge is 0.387 e. The van der Waals surface area contributed by atoms with Crippen LogP contribution in [0.2, 0.25) is 5.02 Å². The normalized spacial score (nSPS) is 12.1. The molecular formula is C15H16ClF2N3O3. The molecule has 9 heteroatoms. The van der Waals surface area contributed by atoms with Gasteiger partial charge >= 0.3 is 6.61 Å². The van der Waals surface area contributed by atoms with Crippen LogP contribution in [0.3, 0.4) is 0 Å². The summed E-state index contributed by atoms with van der Waals surface area (Å²) in [4.78, 5) is 12.3. The van der Waals surface area contributed by atoms with Crippen molar-refractivity contribution in [2.45, 2.75) is 26.5 Å². The Morgan fingerprint density at radius 2 is 2.08 bits per heavy atom. The number of carbonyl (C=O) groups excluding carboxylic acids is 1. The lowest BCUT2D eigenvalue weighted by Gasteiger charge is -2.15. The third kappa shape index (κ3) is 4.14. The SMILES string of the molecule is COc1cc(NC(=O)C(C)n2cc(Cl)c(C)n2)ccc1OC(F)F. The molecular weight excluding hydrogens is 344 g/mol. The largest absolute Gasteiger partial charge is 0.493 e. The zero-order valence-electron chi connectivity index (χ0n) is 13.2. The number of nitrogens with one attached hydrogen (secondary N) is 1. The molecule has 6 nitrogen and oxygen atoms in total. The minimum atomic E-state index is -2.97. The van der Waals surface area contributed by atoms with Gasteiger partial charge in [0, 0.05) is 18.0 Å². The summed E-state index contributed by atoms with van der Waals surface area (Å²) in [6, 6.07) is 3.51. The van der Waals surface area contributed by atoms with Crippen LogP contribution in [0.1, 0.15) is 18.7 Å². The molecule has 1 aromatic carbocycles. The van der Waals surface area contributed by atoms with Crippen molar-refractivity contribution in [3.63, 3.8) is 0 Å². The molecule has 2 rings (SSSR count). The molecule has 0 aliphatic rings. The van der Waals surface area contributed by atoms with Crippen molar-refractivity contribution in [2.75, 3.05) is 12.4 Å². The summed E-state index contributed by atoms with van der Waals surface area (Å²) < 4.78 is 35.4. The minimum Gasteiger partial charge on any atom is -0.493 e. The van der Waals surface area contributed by atoms with E-state index in [9.17, 15) is 13.6 Å². The lowest BCUT2D eigenvalue weighted by atomic mass is 10.2. The standard InChI is InChI=1S/C15H16ClF2N3O3/c1-8-11(16)7-21(20-8)9(2)14(22)19-10-4-5-12(24-15(17)18)13(6-10)23-3/h4-7,9,15H,1-3H3,(H,19,22). The van der Waals surface area contributed by atoms with Crippen LogP contribution in [0.5, 0.6) is 11.5 Å². The van der Waals surface area contributed by atoms with Crippen LogP contribution in [0.25, 0.3) is 0 Å². The Morgan fingerprint density at radius 1 is 1.38 bits per heavy atom. The van der Waals surface area contributed by atoms with E-state index in [0.29, 0.717) is 16.4 Å². The number of aromatic nitrogens is 2. The van der Waals surface area contributed by atoms with Crippen molar-refractivity contribution in [1.29, 1.82) is 0 Å². The van der Waals surface area contributed by atoms with Gasteiger partial charge in [-0.1, -0.05) is 11.6 Å². The maximum absolute atomic E-state index is 12.3. The molecule has 0 saturated carbocycles. The third-order valence-electron chi connectivity index (χ3n) is 3.28. The van der Waals surface area contributed by atoms with Gasteiger partial charge in [0.05, 0.1) is 17.8 Å². The van der Waals surface area contributed by atoms with Crippen molar-refractivity contribution in [3.05, 3.63) is 35.1 Å². The summed E-state index contributed by atoms with van der Waals surface area (Å²) in [5.74, 6) is -0.384. The number of aryl methyl sites for hydroxylation is 1.